The maximum absolute atomic E-state index is 13.8. The van der Waals surface area contributed by atoms with Crippen LogP contribution in [0.5, 0.6) is 0 Å². The molecule has 0 aliphatic carbocycles. The minimum Gasteiger partial charge on any atom is -0.394 e. The highest BCUT2D eigenvalue weighted by Gasteiger charge is 2.23. The fourth-order valence-electron chi connectivity index (χ4n) is 2.17. The van der Waals surface area contributed by atoms with Gasteiger partial charge in [0.25, 0.3) is 5.91 Å². The number of benzene rings is 2. The minimum absolute atomic E-state index is 0.292. The molecule has 2 rings (SSSR count). The van der Waals surface area contributed by atoms with E-state index < -0.39 is 46.4 Å². The summed E-state index contributed by atoms with van der Waals surface area (Å²) in [6, 6.07) is 9.09. The van der Waals surface area contributed by atoms with E-state index in [0.29, 0.717) is 18.6 Å². The summed E-state index contributed by atoms with van der Waals surface area (Å²) in [6.07, 6.45) is 0.292. The Bertz CT molecular complexity index is 753. The Balaban J connectivity index is 2.16. The highest BCUT2D eigenvalue weighted by molar-refractivity contribution is 5.95. The largest absolute Gasteiger partial charge is 0.394 e. The molecule has 8 heteroatoms. The number of hydrogen-bond donors (Lipinski definition) is 2. The molecule has 2 N–H and O–H groups in total. The molecular weight excluding hydrogens is 322 g/mol. The summed E-state index contributed by atoms with van der Waals surface area (Å²) in [4.78, 5) is 21.5. The van der Waals surface area contributed by atoms with Crippen LogP contribution in [-0.4, -0.2) is 28.6 Å². The Kier molecular flexibility index (Phi) is 5.54. The predicted molar refractivity (Wildman–Crippen MR) is 81.5 cm³/mol. The first kappa shape index (κ1) is 17.5. The molecule has 0 bridgehead atoms. The highest BCUT2D eigenvalue weighted by Crippen LogP contribution is 2.21. The lowest BCUT2D eigenvalue weighted by atomic mass is 10.1. The van der Waals surface area contributed by atoms with Crippen LogP contribution in [0.4, 0.5) is 14.5 Å². The van der Waals surface area contributed by atoms with Crippen LogP contribution < -0.4 is 5.32 Å². The summed E-state index contributed by atoms with van der Waals surface area (Å²) in [7, 11) is 0. The third kappa shape index (κ3) is 4.11. The second kappa shape index (κ2) is 7.60. The maximum Gasteiger partial charge on any atom is 0.307 e. The summed E-state index contributed by atoms with van der Waals surface area (Å²) in [6.45, 7) is -0.405. The summed E-state index contributed by atoms with van der Waals surface area (Å²) in [5.41, 5.74) is -0.871. The first-order chi connectivity index (χ1) is 11.4. The second-order valence-corrected chi connectivity index (χ2v) is 5.08. The van der Waals surface area contributed by atoms with E-state index in [1.165, 1.54) is 0 Å². The van der Waals surface area contributed by atoms with Crippen LogP contribution in [0.15, 0.2) is 42.5 Å². The monoisotopic (exact) mass is 336 g/mol. The Morgan fingerprint density at radius 3 is 2.46 bits per heavy atom. The van der Waals surface area contributed by atoms with E-state index in [9.17, 15) is 28.8 Å². The normalized spacial score (nSPS) is 11.8. The van der Waals surface area contributed by atoms with Crippen molar-refractivity contribution in [3.63, 3.8) is 0 Å². The number of aliphatic hydroxyl groups excluding tert-OH is 1. The van der Waals surface area contributed by atoms with E-state index in [1.807, 2.05) is 6.07 Å². The topological polar surface area (TPSA) is 92.5 Å². The van der Waals surface area contributed by atoms with Gasteiger partial charge >= 0.3 is 5.69 Å². The van der Waals surface area contributed by atoms with E-state index in [4.69, 9.17) is 0 Å². The third-order valence-electron chi connectivity index (χ3n) is 3.36. The van der Waals surface area contributed by atoms with Gasteiger partial charge in [-0.15, -0.1) is 0 Å². The van der Waals surface area contributed by atoms with E-state index in [2.05, 4.69) is 5.32 Å². The SMILES string of the molecule is O=C(N[C@H](CO)Cc1ccccc1)c1cc(F)c([N+](=O)[O-])cc1F. The number of nitro groups is 1. The number of amides is 1. The lowest BCUT2D eigenvalue weighted by molar-refractivity contribution is -0.387. The van der Waals surface area contributed by atoms with Gasteiger partial charge in [-0.2, -0.15) is 4.39 Å². The van der Waals surface area contributed by atoms with Crippen LogP contribution in [-0.2, 0) is 6.42 Å². The molecule has 1 atom stereocenters. The van der Waals surface area contributed by atoms with E-state index in [1.54, 1.807) is 24.3 Å². The number of carbonyl (C=O) groups is 1. The predicted octanol–water partition coefficient (Wildman–Crippen LogP) is 2.21. The molecule has 126 valence electrons. The minimum atomic E-state index is -1.31. The lowest BCUT2D eigenvalue weighted by Gasteiger charge is -2.16. The van der Waals surface area contributed by atoms with Gasteiger partial charge in [-0.05, 0) is 18.1 Å². The molecular formula is C16H14F2N2O4. The molecule has 0 unspecified atom stereocenters. The Morgan fingerprint density at radius 2 is 1.88 bits per heavy atom. The molecule has 0 radical (unpaired) electrons. The first-order valence-corrected chi connectivity index (χ1v) is 7.01. The van der Waals surface area contributed by atoms with Crippen molar-refractivity contribution >= 4 is 11.6 Å². The van der Waals surface area contributed by atoms with E-state index in [-0.39, 0.29) is 0 Å². The lowest BCUT2D eigenvalue weighted by Crippen LogP contribution is -2.39. The molecule has 0 heterocycles. The number of carbonyl (C=O) groups excluding carboxylic acids is 1. The van der Waals surface area contributed by atoms with Crippen molar-refractivity contribution in [2.75, 3.05) is 6.61 Å². The molecule has 2 aromatic rings. The van der Waals surface area contributed by atoms with Crippen molar-refractivity contribution in [1.29, 1.82) is 0 Å². The van der Waals surface area contributed by atoms with E-state index >= 15 is 0 Å². The Morgan fingerprint density at radius 1 is 1.21 bits per heavy atom. The number of halogens is 2. The number of aliphatic hydroxyl groups is 1. The molecule has 0 aromatic heterocycles. The molecule has 6 nitrogen and oxygen atoms in total. The van der Waals surface area contributed by atoms with Crippen LogP contribution in [0.25, 0.3) is 0 Å². The van der Waals surface area contributed by atoms with Crippen LogP contribution in [0, 0.1) is 21.7 Å². The van der Waals surface area contributed by atoms with Gasteiger partial charge < -0.3 is 10.4 Å². The third-order valence-corrected chi connectivity index (χ3v) is 3.36. The summed E-state index contributed by atoms with van der Waals surface area (Å²) in [5, 5.41) is 22.3. The fourth-order valence-corrected chi connectivity index (χ4v) is 2.17. The maximum atomic E-state index is 13.8. The van der Waals surface area contributed by atoms with Crippen molar-refractivity contribution in [3.8, 4) is 0 Å². The van der Waals surface area contributed by atoms with Crippen LogP contribution in [0.2, 0.25) is 0 Å². The van der Waals surface area contributed by atoms with Gasteiger partial charge in [-0.1, -0.05) is 30.3 Å². The Hall–Kier alpha value is -2.87. The zero-order valence-corrected chi connectivity index (χ0v) is 12.4. The standard InChI is InChI=1S/C16H14F2N2O4/c17-13-8-15(20(23)24)14(18)7-12(13)16(22)19-11(9-21)6-10-4-2-1-3-5-10/h1-5,7-8,11,21H,6,9H2,(H,19,22)/t11-/m0/s1. The molecule has 0 aliphatic heterocycles. The van der Waals surface area contributed by atoms with Crippen molar-refractivity contribution < 1.29 is 23.6 Å². The smallest absolute Gasteiger partial charge is 0.307 e. The van der Waals surface area contributed by atoms with Crippen molar-refractivity contribution in [1.82, 2.24) is 5.32 Å². The van der Waals surface area contributed by atoms with Crippen LogP contribution in [0.1, 0.15) is 15.9 Å². The summed E-state index contributed by atoms with van der Waals surface area (Å²) >= 11 is 0. The summed E-state index contributed by atoms with van der Waals surface area (Å²) in [5.74, 6) is -3.48. The number of nitro benzene ring substituents is 1. The quantitative estimate of drug-likeness (QED) is 0.625. The summed E-state index contributed by atoms with van der Waals surface area (Å²) < 4.78 is 27.4. The molecule has 0 spiro atoms. The van der Waals surface area contributed by atoms with Gasteiger partial charge in [0.1, 0.15) is 5.82 Å². The average Bonchev–Trinajstić information content (AvgIpc) is 2.56. The number of nitrogens with zero attached hydrogens (tertiary/aromatic N) is 1. The van der Waals surface area contributed by atoms with Gasteiger partial charge in [-0.25, -0.2) is 4.39 Å². The van der Waals surface area contributed by atoms with Crippen LogP contribution in [0.3, 0.4) is 0 Å². The molecule has 0 saturated heterocycles. The van der Waals surface area contributed by atoms with Gasteiger partial charge in [-0.3, -0.25) is 14.9 Å². The molecule has 24 heavy (non-hydrogen) atoms. The van der Waals surface area contributed by atoms with E-state index in [0.717, 1.165) is 5.56 Å². The molecule has 2 aromatic carbocycles. The second-order valence-electron chi connectivity index (χ2n) is 5.08. The van der Waals surface area contributed by atoms with Gasteiger partial charge in [0, 0.05) is 0 Å². The fraction of sp³-hybridized carbons (Fsp3) is 0.188. The number of rotatable bonds is 6. The molecule has 0 aliphatic rings. The van der Waals surface area contributed by atoms with Crippen molar-refractivity contribution in [2.24, 2.45) is 0 Å². The molecule has 0 fully saturated rings. The zero-order chi connectivity index (χ0) is 17.7. The van der Waals surface area contributed by atoms with Crippen molar-refractivity contribution in [3.05, 3.63) is 75.3 Å². The number of nitrogens with one attached hydrogen (secondary N) is 1. The average molecular weight is 336 g/mol. The Labute approximate surface area is 135 Å². The highest BCUT2D eigenvalue weighted by atomic mass is 19.1. The van der Waals surface area contributed by atoms with Crippen molar-refractivity contribution in [2.45, 2.75) is 12.5 Å². The van der Waals surface area contributed by atoms with Gasteiger partial charge in [0.05, 0.1) is 29.2 Å². The number of hydrogen-bond acceptors (Lipinski definition) is 4. The van der Waals surface area contributed by atoms with Gasteiger partial charge in [0.2, 0.25) is 5.82 Å². The zero-order valence-electron chi connectivity index (χ0n) is 12.4. The van der Waals surface area contributed by atoms with Gasteiger partial charge in [0.15, 0.2) is 0 Å². The molecule has 1 amide bonds. The first-order valence-electron chi connectivity index (χ1n) is 7.01. The molecule has 0 saturated carbocycles. The van der Waals surface area contributed by atoms with Crippen LogP contribution >= 0.6 is 0 Å².